The van der Waals surface area contributed by atoms with E-state index in [2.05, 4.69) is 4.98 Å². The van der Waals surface area contributed by atoms with Crippen molar-refractivity contribution in [3.05, 3.63) is 59.4 Å². The molecular formula is C19H13F9N2O2S. The van der Waals surface area contributed by atoms with Gasteiger partial charge >= 0.3 is 18.5 Å². The molecule has 1 heterocycles. The van der Waals surface area contributed by atoms with E-state index >= 15 is 0 Å². The fourth-order valence-corrected chi connectivity index (χ4v) is 4.06. The molecule has 0 bridgehead atoms. The number of primary sulfonamides is 1. The third kappa shape index (κ3) is 4.58. The van der Waals surface area contributed by atoms with Gasteiger partial charge in [-0.3, -0.25) is 4.98 Å². The Labute approximate surface area is 181 Å². The number of hydrogen-bond donors (Lipinski definition) is 1. The Kier molecular flexibility index (Phi) is 5.85. The molecule has 4 nitrogen and oxygen atoms in total. The molecule has 0 atom stereocenters. The van der Waals surface area contributed by atoms with E-state index in [9.17, 15) is 47.9 Å². The minimum atomic E-state index is -5.75. The standard InChI is InChI=1S/C19H13F9N2O2S/c20-17(21,22)11-3-6-15(30-9-11)14-8-16(18(23,24)25,19(26,27)28)7-13(14)10-1-4-12(5-2-10)33(29,31)32/h1-6,9H,7-8H2,(H2,29,31,32). The molecule has 1 aliphatic carbocycles. The summed E-state index contributed by atoms with van der Waals surface area (Å²) in [6, 6.07) is 4.94. The Bertz CT molecular complexity index is 1160. The monoisotopic (exact) mass is 504 g/mol. The van der Waals surface area contributed by atoms with Crippen molar-refractivity contribution in [3.63, 3.8) is 0 Å². The number of nitrogens with zero attached hydrogens (tertiary/aromatic N) is 1. The summed E-state index contributed by atoms with van der Waals surface area (Å²) < 4.78 is 144. The Morgan fingerprint density at radius 2 is 1.30 bits per heavy atom. The summed E-state index contributed by atoms with van der Waals surface area (Å²) in [4.78, 5) is 3.03. The highest BCUT2D eigenvalue weighted by atomic mass is 32.2. The highest BCUT2D eigenvalue weighted by molar-refractivity contribution is 7.89. The van der Waals surface area contributed by atoms with Crippen LogP contribution in [0.3, 0.4) is 0 Å². The van der Waals surface area contributed by atoms with Gasteiger partial charge in [0, 0.05) is 6.20 Å². The molecule has 1 aromatic heterocycles. The molecule has 2 aromatic rings. The smallest absolute Gasteiger partial charge is 0.256 e. The van der Waals surface area contributed by atoms with E-state index in [-0.39, 0.29) is 5.56 Å². The first kappa shape index (κ1) is 25.0. The highest BCUT2D eigenvalue weighted by Crippen LogP contribution is 2.64. The van der Waals surface area contributed by atoms with E-state index in [1.165, 1.54) is 0 Å². The third-order valence-electron chi connectivity index (χ3n) is 5.34. The molecule has 180 valence electrons. The van der Waals surface area contributed by atoms with Crippen molar-refractivity contribution in [2.45, 2.75) is 36.3 Å². The molecule has 0 unspecified atom stereocenters. The van der Waals surface area contributed by atoms with Gasteiger partial charge in [-0.15, -0.1) is 0 Å². The number of nitrogens with two attached hydrogens (primary N) is 1. The van der Waals surface area contributed by atoms with Crippen molar-refractivity contribution in [3.8, 4) is 0 Å². The molecule has 0 radical (unpaired) electrons. The number of alkyl halides is 9. The Morgan fingerprint density at radius 1 is 0.788 bits per heavy atom. The van der Waals surface area contributed by atoms with Crippen LogP contribution in [-0.4, -0.2) is 25.8 Å². The first-order valence-electron chi connectivity index (χ1n) is 8.89. The minimum Gasteiger partial charge on any atom is -0.256 e. The van der Waals surface area contributed by atoms with Crippen LogP contribution in [0.4, 0.5) is 39.5 Å². The van der Waals surface area contributed by atoms with Gasteiger partial charge in [-0.05, 0) is 53.8 Å². The highest BCUT2D eigenvalue weighted by Gasteiger charge is 2.72. The van der Waals surface area contributed by atoms with Crippen molar-refractivity contribution in [2.24, 2.45) is 10.6 Å². The van der Waals surface area contributed by atoms with Gasteiger partial charge < -0.3 is 0 Å². The lowest BCUT2D eigenvalue weighted by atomic mass is 9.81. The van der Waals surface area contributed by atoms with Crippen molar-refractivity contribution < 1.29 is 47.9 Å². The maximum absolute atomic E-state index is 13.7. The molecule has 0 aliphatic heterocycles. The van der Waals surface area contributed by atoms with E-state index in [0.29, 0.717) is 18.3 Å². The normalized spacial score (nSPS) is 17.5. The van der Waals surface area contributed by atoms with Crippen molar-refractivity contribution >= 4 is 21.2 Å². The number of pyridine rings is 1. The van der Waals surface area contributed by atoms with Crippen LogP contribution in [0.25, 0.3) is 11.1 Å². The molecule has 0 saturated heterocycles. The van der Waals surface area contributed by atoms with Crippen LogP contribution in [0.15, 0.2) is 47.5 Å². The third-order valence-corrected chi connectivity index (χ3v) is 6.27. The Hall–Kier alpha value is -2.61. The number of benzene rings is 1. The molecule has 2 N–H and O–H groups in total. The number of rotatable bonds is 3. The minimum absolute atomic E-state index is 0.186. The topological polar surface area (TPSA) is 73.1 Å². The fraction of sp³-hybridized carbons (Fsp3) is 0.316. The largest absolute Gasteiger partial charge is 0.417 e. The van der Waals surface area contributed by atoms with Gasteiger partial charge in [0.05, 0.1) is 16.2 Å². The van der Waals surface area contributed by atoms with Crippen molar-refractivity contribution in [2.75, 3.05) is 0 Å². The number of hydrogen-bond acceptors (Lipinski definition) is 3. The lowest BCUT2D eigenvalue weighted by Gasteiger charge is -2.34. The number of halogens is 9. The summed E-state index contributed by atoms with van der Waals surface area (Å²) in [6.45, 7) is 0. The zero-order valence-electron chi connectivity index (χ0n) is 16.1. The van der Waals surface area contributed by atoms with Gasteiger partial charge in [0.25, 0.3) is 0 Å². The number of sulfonamides is 1. The first-order valence-corrected chi connectivity index (χ1v) is 10.4. The van der Waals surface area contributed by atoms with E-state index < -0.39 is 74.1 Å². The molecule has 1 aliphatic rings. The Morgan fingerprint density at radius 3 is 1.70 bits per heavy atom. The summed E-state index contributed by atoms with van der Waals surface area (Å²) in [5.41, 5.74) is -7.15. The van der Waals surface area contributed by atoms with Crippen molar-refractivity contribution in [1.29, 1.82) is 0 Å². The molecule has 14 heteroatoms. The van der Waals surface area contributed by atoms with Crippen LogP contribution >= 0.6 is 0 Å². The average Bonchev–Trinajstić information content (AvgIpc) is 3.09. The molecule has 0 saturated carbocycles. The second-order valence-electron chi connectivity index (χ2n) is 7.39. The van der Waals surface area contributed by atoms with Gasteiger partial charge in [-0.1, -0.05) is 12.1 Å². The van der Waals surface area contributed by atoms with Crippen LogP contribution in [0.2, 0.25) is 0 Å². The van der Waals surface area contributed by atoms with E-state index in [1.807, 2.05) is 0 Å². The summed E-state index contributed by atoms with van der Waals surface area (Å²) in [5, 5.41) is 4.95. The van der Waals surface area contributed by atoms with E-state index in [1.54, 1.807) is 0 Å². The maximum atomic E-state index is 13.7. The molecule has 0 fully saturated rings. The molecule has 1 aromatic carbocycles. The summed E-state index contributed by atoms with van der Waals surface area (Å²) in [5.74, 6) is 0. The second kappa shape index (κ2) is 7.72. The summed E-state index contributed by atoms with van der Waals surface area (Å²) in [7, 11) is -4.19. The van der Waals surface area contributed by atoms with Crippen LogP contribution in [0.5, 0.6) is 0 Å². The maximum Gasteiger partial charge on any atom is 0.417 e. The number of aromatic nitrogens is 1. The SMILES string of the molecule is NS(=O)(=O)c1ccc(C2=C(c3ccc(C(F)(F)F)cn3)CC(C(F)(F)F)(C(F)(F)F)C2)cc1. The van der Waals surface area contributed by atoms with Gasteiger partial charge in [0.15, 0.2) is 5.41 Å². The van der Waals surface area contributed by atoms with E-state index in [4.69, 9.17) is 5.14 Å². The predicted octanol–water partition coefficient (Wildman–Crippen LogP) is 5.56. The van der Waals surface area contributed by atoms with Gasteiger partial charge in [-0.25, -0.2) is 13.6 Å². The molecular weight excluding hydrogens is 491 g/mol. The average molecular weight is 504 g/mol. The lowest BCUT2D eigenvalue weighted by Crippen LogP contribution is -2.48. The van der Waals surface area contributed by atoms with Gasteiger partial charge in [-0.2, -0.15) is 39.5 Å². The molecule has 3 rings (SSSR count). The first-order chi connectivity index (χ1) is 14.9. The van der Waals surface area contributed by atoms with Crippen LogP contribution in [0.1, 0.15) is 29.7 Å². The fourth-order valence-electron chi connectivity index (χ4n) is 3.55. The van der Waals surface area contributed by atoms with Gasteiger partial charge in [0.2, 0.25) is 10.0 Å². The van der Waals surface area contributed by atoms with Crippen molar-refractivity contribution in [1.82, 2.24) is 4.98 Å². The molecule has 33 heavy (non-hydrogen) atoms. The summed E-state index contributed by atoms with van der Waals surface area (Å²) in [6.07, 6.45) is -19.2. The van der Waals surface area contributed by atoms with Gasteiger partial charge in [0.1, 0.15) is 0 Å². The lowest BCUT2D eigenvalue weighted by molar-refractivity contribution is -0.335. The molecule has 0 spiro atoms. The quantitative estimate of drug-likeness (QED) is 0.556. The van der Waals surface area contributed by atoms with Crippen LogP contribution in [-0.2, 0) is 16.2 Å². The Balaban J connectivity index is 2.20. The predicted molar refractivity (Wildman–Crippen MR) is 97.6 cm³/mol. The number of allylic oxidation sites excluding steroid dienone is 2. The molecule has 0 amide bonds. The van der Waals surface area contributed by atoms with Crippen LogP contribution in [0, 0.1) is 5.41 Å². The second-order valence-corrected chi connectivity index (χ2v) is 8.95. The van der Waals surface area contributed by atoms with E-state index in [0.717, 1.165) is 24.3 Å². The zero-order valence-corrected chi connectivity index (χ0v) is 16.9. The zero-order chi connectivity index (χ0) is 25.0. The summed E-state index contributed by atoms with van der Waals surface area (Å²) >= 11 is 0. The van der Waals surface area contributed by atoms with Crippen LogP contribution < -0.4 is 5.14 Å².